The van der Waals surface area contributed by atoms with Gasteiger partial charge in [0, 0.05) is 36.3 Å². The topological polar surface area (TPSA) is 26.3 Å². The molecule has 0 aliphatic carbocycles. The predicted molar refractivity (Wildman–Crippen MR) is 141 cm³/mol. The summed E-state index contributed by atoms with van der Waals surface area (Å²) in [5.74, 6) is 1.42. The van der Waals surface area contributed by atoms with Gasteiger partial charge in [-0.25, -0.2) is 0 Å². The van der Waals surface area contributed by atoms with Gasteiger partial charge in [0.15, 0.2) is 0 Å². The number of rotatable bonds is 10. The van der Waals surface area contributed by atoms with Crippen LogP contribution in [0.4, 0.5) is 0 Å². The monoisotopic (exact) mass is 462 g/mol. The first-order valence-corrected chi connectivity index (χ1v) is 27.1. The molecule has 0 bridgehead atoms. The first-order valence-electron chi connectivity index (χ1n) is 11.4. The third-order valence-electron chi connectivity index (χ3n) is 6.17. The minimum atomic E-state index is -1.05. The highest BCUT2D eigenvalue weighted by Crippen LogP contribution is 2.41. The lowest BCUT2D eigenvalue weighted by Crippen LogP contribution is -2.82. The van der Waals surface area contributed by atoms with Crippen molar-refractivity contribution in [3.05, 3.63) is 0 Å². The molecule has 0 spiro atoms. The van der Waals surface area contributed by atoms with E-state index in [2.05, 4.69) is 86.6 Å². The summed E-state index contributed by atoms with van der Waals surface area (Å²) in [6.07, 6.45) is 3.61. The van der Waals surface area contributed by atoms with Crippen LogP contribution in [-0.4, -0.2) is 42.0 Å². The zero-order chi connectivity index (χ0) is 23.0. The van der Waals surface area contributed by atoms with Gasteiger partial charge >= 0.3 is 5.97 Å². The summed E-state index contributed by atoms with van der Waals surface area (Å²) in [5.41, 5.74) is 0. The third kappa shape index (κ3) is 10.4. The van der Waals surface area contributed by atoms with E-state index >= 15 is 0 Å². The quantitative estimate of drug-likeness (QED) is 0.189. The fourth-order valence-corrected chi connectivity index (χ4v) is 105. The van der Waals surface area contributed by atoms with Crippen molar-refractivity contribution in [1.82, 2.24) is 0 Å². The largest absolute Gasteiger partial charge is 0.466 e. The first-order chi connectivity index (χ1) is 12.3. The van der Waals surface area contributed by atoms with Gasteiger partial charge in [-0.2, -0.15) is 0 Å². The van der Waals surface area contributed by atoms with Crippen LogP contribution in [0.2, 0.25) is 65.0 Å². The highest BCUT2D eigenvalue weighted by Gasteiger charge is 2.60. The number of carbonyl (C=O) groups excluding carboxylic acids is 1. The van der Waals surface area contributed by atoms with Crippen molar-refractivity contribution in [2.45, 2.75) is 119 Å². The van der Waals surface area contributed by atoms with Crippen LogP contribution < -0.4 is 0 Å². The summed E-state index contributed by atoms with van der Waals surface area (Å²) in [4.78, 5) is 10.3. The van der Waals surface area contributed by atoms with Crippen LogP contribution in [0.5, 0.6) is 0 Å². The van der Waals surface area contributed by atoms with Crippen LogP contribution in [0.3, 0.4) is 0 Å². The van der Waals surface area contributed by atoms with Gasteiger partial charge in [0.2, 0.25) is 0 Å². The Hall–Kier alpha value is 0.338. The molecule has 0 saturated carbocycles. The van der Waals surface area contributed by atoms with Crippen molar-refractivity contribution in [1.29, 1.82) is 0 Å². The van der Waals surface area contributed by atoms with Gasteiger partial charge < -0.3 is 4.74 Å². The van der Waals surface area contributed by atoms with E-state index in [0.29, 0.717) is 12.5 Å². The molecule has 0 amide bonds. The van der Waals surface area contributed by atoms with E-state index in [1.54, 1.807) is 6.04 Å². The Balaban J connectivity index is 0. The van der Waals surface area contributed by atoms with E-state index < -0.39 is 29.4 Å². The standard InChI is InChI=1S/C14H38Si4.C8H16O2/c1-14(2)12-13-18(15(3,4)5,16(6,7)8)17(9,10)11;1-7(2)5-4-6-10-8(3)9/h14H,12-13H2,1-11H3;7H,4-6H2,1-3H3. The molecule has 6 heteroatoms. The number of hydrogen-bond acceptors (Lipinski definition) is 2. The summed E-state index contributed by atoms with van der Waals surface area (Å²) in [6, 6.07) is 1.64. The Kier molecular flexibility index (Phi) is 13.4. The predicted octanol–water partition coefficient (Wildman–Crippen LogP) is 7.72. The highest BCUT2D eigenvalue weighted by molar-refractivity contribution is 7.89. The molecule has 0 heterocycles. The third-order valence-corrected chi connectivity index (χ3v) is 80.7. The second-order valence-electron chi connectivity index (χ2n) is 12.5. The number of hydrogen-bond donors (Lipinski definition) is 0. The Morgan fingerprint density at radius 3 is 1.32 bits per heavy atom. The summed E-state index contributed by atoms with van der Waals surface area (Å²) in [6.45, 7) is 34.5. The summed E-state index contributed by atoms with van der Waals surface area (Å²) < 4.78 is 4.75. The molecule has 0 unspecified atom stereocenters. The molecular formula is C22H54O2Si4. The second-order valence-corrected chi connectivity index (χ2v) is 54.0. The van der Waals surface area contributed by atoms with Crippen molar-refractivity contribution < 1.29 is 9.53 Å². The van der Waals surface area contributed by atoms with Crippen LogP contribution in [0.15, 0.2) is 0 Å². The molecule has 0 N–H and O–H groups in total. The first kappa shape index (κ1) is 30.5. The van der Waals surface area contributed by atoms with Gasteiger partial charge in [0.05, 0.1) is 6.61 Å². The zero-order valence-electron chi connectivity index (χ0n) is 22.0. The van der Waals surface area contributed by atoms with Crippen molar-refractivity contribution in [2.75, 3.05) is 6.61 Å². The molecule has 0 radical (unpaired) electrons. The Morgan fingerprint density at radius 1 is 0.714 bits per heavy atom. The van der Waals surface area contributed by atoms with E-state index in [4.69, 9.17) is 4.74 Å². The molecular weight excluding hydrogens is 409 g/mol. The van der Waals surface area contributed by atoms with Gasteiger partial charge in [0.1, 0.15) is 0 Å². The van der Waals surface area contributed by atoms with Gasteiger partial charge in [-0.15, -0.1) is 0 Å². The van der Waals surface area contributed by atoms with Crippen LogP contribution in [0.25, 0.3) is 0 Å². The summed E-state index contributed by atoms with van der Waals surface area (Å²) >= 11 is 0. The van der Waals surface area contributed by atoms with Gasteiger partial charge in [-0.05, 0) is 24.7 Å². The molecule has 0 fully saturated rings. The molecule has 0 saturated heterocycles. The van der Waals surface area contributed by atoms with E-state index in [-0.39, 0.29) is 5.97 Å². The van der Waals surface area contributed by atoms with Gasteiger partial charge in [-0.1, -0.05) is 99.1 Å². The fraction of sp³-hybridized carbons (Fsp3) is 0.955. The van der Waals surface area contributed by atoms with Crippen molar-refractivity contribution in [3.8, 4) is 0 Å². The van der Waals surface area contributed by atoms with Gasteiger partial charge in [0.25, 0.3) is 0 Å². The van der Waals surface area contributed by atoms with Crippen molar-refractivity contribution >= 4 is 35.4 Å². The Morgan fingerprint density at radius 2 is 1.07 bits per heavy atom. The summed E-state index contributed by atoms with van der Waals surface area (Å²) in [5, 5.41) is 0. The molecule has 0 aromatic rings. The van der Waals surface area contributed by atoms with Crippen LogP contribution in [0.1, 0.15) is 53.9 Å². The van der Waals surface area contributed by atoms with E-state index in [1.807, 2.05) is 0 Å². The maximum atomic E-state index is 10.3. The maximum absolute atomic E-state index is 10.3. The zero-order valence-corrected chi connectivity index (χ0v) is 26.0. The molecule has 170 valence electrons. The average molecular weight is 463 g/mol. The number of ether oxygens (including phenoxy) is 1. The minimum Gasteiger partial charge on any atom is -0.466 e. The van der Waals surface area contributed by atoms with Crippen LogP contribution in [0, 0.1) is 11.8 Å². The normalized spacial score (nSPS) is 13.4. The van der Waals surface area contributed by atoms with Crippen LogP contribution >= 0.6 is 0 Å². The lowest BCUT2D eigenvalue weighted by molar-refractivity contribution is -0.141. The molecule has 2 nitrogen and oxygen atoms in total. The number of carbonyl (C=O) groups is 1. The fourth-order valence-electron chi connectivity index (χ4n) is 5.71. The molecule has 0 aliphatic heterocycles. The number of esters is 1. The maximum Gasteiger partial charge on any atom is 0.302 e. The smallest absolute Gasteiger partial charge is 0.302 e. The Bertz CT molecular complexity index is 405. The molecule has 0 atom stereocenters. The Labute approximate surface area is 182 Å². The SMILES string of the molecule is CC(=O)OCCCC(C)C.CC(C)CC[Si]([Si](C)(C)C)([Si](C)(C)C)[Si](C)(C)C. The molecule has 0 aliphatic rings. The lowest BCUT2D eigenvalue weighted by Gasteiger charge is -2.58. The van der Waals surface area contributed by atoms with E-state index in [9.17, 15) is 4.79 Å². The van der Waals surface area contributed by atoms with E-state index in [1.165, 1.54) is 13.3 Å². The minimum absolute atomic E-state index is 0.177. The van der Waals surface area contributed by atoms with Crippen molar-refractivity contribution in [2.24, 2.45) is 11.8 Å². The lowest BCUT2D eigenvalue weighted by atomic mass is 10.1. The van der Waals surface area contributed by atoms with Gasteiger partial charge in [-0.3, -0.25) is 4.79 Å². The van der Waals surface area contributed by atoms with Crippen molar-refractivity contribution in [3.63, 3.8) is 0 Å². The average Bonchev–Trinajstić information content (AvgIpc) is 2.39. The van der Waals surface area contributed by atoms with Crippen LogP contribution in [-0.2, 0) is 9.53 Å². The highest BCUT2D eigenvalue weighted by atomic mass is 29.9. The molecule has 0 aromatic carbocycles. The second kappa shape index (κ2) is 12.3. The van der Waals surface area contributed by atoms with E-state index in [0.717, 1.165) is 18.8 Å². The molecule has 0 aromatic heterocycles. The molecule has 28 heavy (non-hydrogen) atoms. The molecule has 0 rings (SSSR count). The summed E-state index contributed by atoms with van der Waals surface area (Å²) in [7, 11) is -3.04.